The number of benzene rings is 1. The van der Waals surface area contributed by atoms with Gasteiger partial charge in [0.15, 0.2) is 0 Å². The molecule has 0 atom stereocenters. The molecular weight excluding hydrogens is 306 g/mol. The van der Waals surface area contributed by atoms with Crippen molar-refractivity contribution in [3.63, 3.8) is 0 Å². The van der Waals surface area contributed by atoms with Gasteiger partial charge in [-0.15, -0.1) is 0 Å². The lowest BCUT2D eigenvalue weighted by molar-refractivity contribution is 0.355. The van der Waals surface area contributed by atoms with Crippen LogP contribution in [0.5, 0.6) is 5.75 Å². The van der Waals surface area contributed by atoms with E-state index >= 15 is 0 Å². The molecule has 0 bridgehead atoms. The first-order valence-corrected chi connectivity index (χ1v) is 8.25. The Balaban J connectivity index is 2.64. The van der Waals surface area contributed by atoms with Crippen LogP contribution in [0.2, 0.25) is 0 Å². The number of allylic oxidation sites excluding steroid dienone is 7. The number of rotatable bonds is 4. The van der Waals surface area contributed by atoms with Crippen molar-refractivity contribution in [3.05, 3.63) is 90.1 Å². The van der Waals surface area contributed by atoms with Crippen molar-refractivity contribution in [2.75, 3.05) is 13.7 Å². The number of aliphatic imine (C=N–C) groups is 1. The van der Waals surface area contributed by atoms with E-state index in [4.69, 9.17) is 4.74 Å². The van der Waals surface area contributed by atoms with Crippen molar-refractivity contribution < 1.29 is 4.74 Å². The van der Waals surface area contributed by atoms with Crippen LogP contribution in [0.4, 0.5) is 0 Å². The summed E-state index contributed by atoms with van der Waals surface area (Å²) in [5.41, 5.74) is 7.05. The first-order chi connectivity index (χ1) is 12.0. The SMILES string of the molecule is C=C/C=C\c1c(C)ccc2c1OC/C(C(C=C)=NC)=C(C)\C=C/C2=C. The summed E-state index contributed by atoms with van der Waals surface area (Å²) in [5, 5.41) is 0. The second-order valence-electron chi connectivity index (χ2n) is 5.89. The number of aryl methyl sites for hydroxylation is 1. The Hall–Kier alpha value is -2.87. The fraction of sp³-hybridized carbons (Fsp3) is 0.174. The predicted octanol–water partition coefficient (Wildman–Crippen LogP) is 5.73. The van der Waals surface area contributed by atoms with Gasteiger partial charge < -0.3 is 4.74 Å². The van der Waals surface area contributed by atoms with Gasteiger partial charge in [-0.1, -0.05) is 62.2 Å². The highest BCUT2D eigenvalue weighted by atomic mass is 16.5. The number of hydrogen-bond donors (Lipinski definition) is 0. The molecule has 25 heavy (non-hydrogen) atoms. The Kier molecular flexibility index (Phi) is 6.13. The number of ether oxygens (including phenoxy) is 1. The maximum atomic E-state index is 6.28. The molecule has 128 valence electrons. The van der Waals surface area contributed by atoms with Crippen LogP contribution in [0.3, 0.4) is 0 Å². The van der Waals surface area contributed by atoms with E-state index in [1.807, 2.05) is 18.2 Å². The van der Waals surface area contributed by atoms with Gasteiger partial charge in [0, 0.05) is 23.7 Å². The van der Waals surface area contributed by atoms with Crippen LogP contribution in [0, 0.1) is 6.92 Å². The van der Waals surface area contributed by atoms with E-state index in [2.05, 4.69) is 56.8 Å². The molecule has 0 N–H and O–H groups in total. The van der Waals surface area contributed by atoms with Gasteiger partial charge in [0.25, 0.3) is 0 Å². The standard InChI is InChI=1S/C23H25NO/c1-7-9-10-19-17(4)13-14-20-16(3)11-12-18(5)21(15-25-23(19)20)22(8-2)24-6/h7-14H,1-3,15H2,4-6H3/b10-9-,12-11-,21-18+,24-22?. The molecule has 0 spiro atoms. The summed E-state index contributed by atoms with van der Waals surface area (Å²) >= 11 is 0. The van der Waals surface area contributed by atoms with E-state index in [1.165, 1.54) is 0 Å². The highest BCUT2D eigenvalue weighted by molar-refractivity contribution is 6.09. The molecule has 2 rings (SSSR count). The topological polar surface area (TPSA) is 21.6 Å². The monoisotopic (exact) mass is 331 g/mol. The molecule has 0 radical (unpaired) electrons. The van der Waals surface area contributed by atoms with E-state index in [0.29, 0.717) is 6.61 Å². The quantitative estimate of drug-likeness (QED) is 0.510. The maximum absolute atomic E-state index is 6.28. The molecule has 0 fully saturated rings. The maximum Gasteiger partial charge on any atom is 0.135 e. The summed E-state index contributed by atoms with van der Waals surface area (Å²) in [6, 6.07) is 4.15. The first-order valence-electron chi connectivity index (χ1n) is 8.25. The average molecular weight is 331 g/mol. The number of nitrogens with zero attached hydrogens (tertiary/aromatic N) is 1. The van der Waals surface area contributed by atoms with E-state index in [9.17, 15) is 0 Å². The molecular formula is C23H25NO. The molecule has 0 aliphatic carbocycles. The zero-order chi connectivity index (χ0) is 18.4. The molecule has 1 aliphatic rings. The zero-order valence-electron chi connectivity index (χ0n) is 15.3. The summed E-state index contributed by atoms with van der Waals surface area (Å²) in [7, 11) is 1.77. The Morgan fingerprint density at radius 1 is 1.20 bits per heavy atom. The highest BCUT2D eigenvalue weighted by Crippen LogP contribution is 2.35. The molecule has 0 saturated heterocycles. The Bertz CT molecular complexity index is 832. The van der Waals surface area contributed by atoms with Crippen molar-refractivity contribution in [1.29, 1.82) is 0 Å². The largest absolute Gasteiger partial charge is 0.488 e. The molecule has 2 nitrogen and oxygen atoms in total. The van der Waals surface area contributed by atoms with Crippen molar-refractivity contribution in [3.8, 4) is 5.75 Å². The van der Waals surface area contributed by atoms with Gasteiger partial charge in [0.2, 0.25) is 0 Å². The summed E-state index contributed by atoms with van der Waals surface area (Å²) in [6.45, 7) is 16.4. The molecule has 1 aromatic rings. The van der Waals surface area contributed by atoms with E-state index in [1.54, 1.807) is 19.2 Å². The number of hydrogen-bond acceptors (Lipinski definition) is 2. The molecule has 0 aromatic heterocycles. The molecule has 2 heteroatoms. The number of fused-ring (bicyclic) bond motifs is 1. The average Bonchev–Trinajstić information content (AvgIpc) is 2.66. The second-order valence-corrected chi connectivity index (χ2v) is 5.89. The van der Waals surface area contributed by atoms with Crippen molar-refractivity contribution in [2.45, 2.75) is 13.8 Å². The Morgan fingerprint density at radius 2 is 1.96 bits per heavy atom. The summed E-state index contributed by atoms with van der Waals surface area (Å²) < 4.78 is 6.28. The van der Waals surface area contributed by atoms with Crippen LogP contribution >= 0.6 is 0 Å². The third-order valence-electron chi connectivity index (χ3n) is 4.27. The molecule has 0 amide bonds. The van der Waals surface area contributed by atoms with Gasteiger partial charge in [-0.05, 0) is 36.6 Å². The van der Waals surface area contributed by atoms with Crippen molar-refractivity contribution >= 4 is 17.4 Å². The third kappa shape index (κ3) is 3.97. The lowest BCUT2D eigenvalue weighted by Gasteiger charge is -2.17. The van der Waals surface area contributed by atoms with Crippen LogP contribution in [0.25, 0.3) is 11.6 Å². The minimum atomic E-state index is 0.424. The second kappa shape index (κ2) is 8.29. The van der Waals surface area contributed by atoms with Gasteiger partial charge in [-0.2, -0.15) is 0 Å². The fourth-order valence-corrected chi connectivity index (χ4v) is 2.78. The lowest BCUT2D eigenvalue weighted by Crippen LogP contribution is -2.12. The van der Waals surface area contributed by atoms with Gasteiger partial charge in [0.05, 0.1) is 5.71 Å². The summed E-state index contributed by atoms with van der Waals surface area (Å²) in [5.74, 6) is 0.833. The minimum absolute atomic E-state index is 0.424. The van der Waals surface area contributed by atoms with Gasteiger partial charge in [-0.25, -0.2) is 0 Å². The molecule has 1 heterocycles. The van der Waals surface area contributed by atoms with Gasteiger partial charge in [0.1, 0.15) is 12.4 Å². The minimum Gasteiger partial charge on any atom is -0.488 e. The van der Waals surface area contributed by atoms with E-state index < -0.39 is 0 Å². The molecule has 0 unspecified atom stereocenters. The zero-order valence-corrected chi connectivity index (χ0v) is 15.3. The smallest absolute Gasteiger partial charge is 0.135 e. The van der Waals surface area contributed by atoms with Crippen LogP contribution in [0.15, 0.2) is 78.4 Å². The summed E-state index contributed by atoms with van der Waals surface area (Å²) in [4.78, 5) is 4.33. The van der Waals surface area contributed by atoms with Crippen molar-refractivity contribution in [2.24, 2.45) is 4.99 Å². The fourth-order valence-electron chi connectivity index (χ4n) is 2.78. The first kappa shape index (κ1) is 18.5. The van der Waals surface area contributed by atoms with E-state index in [-0.39, 0.29) is 0 Å². The third-order valence-corrected chi connectivity index (χ3v) is 4.27. The van der Waals surface area contributed by atoms with Crippen LogP contribution < -0.4 is 4.74 Å². The van der Waals surface area contributed by atoms with Crippen LogP contribution in [0.1, 0.15) is 23.6 Å². The van der Waals surface area contributed by atoms with Gasteiger partial charge >= 0.3 is 0 Å². The molecule has 0 saturated carbocycles. The van der Waals surface area contributed by atoms with Gasteiger partial charge in [-0.3, -0.25) is 4.99 Å². The normalized spacial score (nSPS) is 19.5. The molecule has 1 aromatic carbocycles. The highest BCUT2D eigenvalue weighted by Gasteiger charge is 2.16. The predicted molar refractivity (Wildman–Crippen MR) is 110 cm³/mol. The molecule has 1 aliphatic heterocycles. The van der Waals surface area contributed by atoms with E-state index in [0.717, 1.165) is 44.9 Å². The van der Waals surface area contributed by atoms with Crippen LogP contribution in [-0.2, 0) is 0 Å². The lowest BCUT2D eigenvalue weighted by atomic mass is 9.97. The Morgan fingerprint density at radius 3 is 2.60 bits per heavy atom. The summed E-state index contributed by atoms with van der Waals surface area (Å²) in [6.07, 6.45) is 11.5. The van der Waals surface area contributed by atoms with Crippen LogP contribution in [-0.4, -0.2) is 19.4 Å². The Labute approximate surface area is 151 Å². The van der Waals surface area contributed by atoms with Crippen molar-refractivity contribution in [1.82, 2.24) is 0 Å².